The fraction of sp³-hybridized carbons (Fsp3) is 1.00. The monoisotopic (exact) mass is 228 g/mol. The van der Waals surface area contributed by atoms with Crippen LogP contribution in [0.25, 0.3) is 0 Å². The molecule has 16 heavy (non-hydrogen) atoms. The number of ether oxygens (including phenoxy) is 1. The fourth-order valence-electron chi connectivity index (χ4n) is 2.31. The Kier molecular flexibility index (Phi) is 7.01. The van der Waals surface area contributed by atoms with Crippen molar-refractivity contribution in [2.75, 3.05) is 40.4 Å². The molecular formula is C13H28N2O. The molecule has 0 aromatic carbocycles. The zero-order chi connectivity index (χ0) is 11.8. The molecule has 2 atom stereocenters. The first-order valence-corrected chi connectivity index (χ1v) is 6.70. The fourth-order valence-corrected chi connectivity index (χ4v) is 2.31. The lowest BCUT2D eigenvalue weighted by molar-refractivity contribution is 0.0369. The summed E-state index contributed by atoms with van der Waals surface area (Å²) in [5.41, 5.74) is 0. The number of hydrogen-bond donors (Lipinski definition) is 1. The minimum Gasteiger partial charge on any atom is -0.381 e. The number of rotatable bonds is 7. The lowest BCUT2D eigenvalue weighted by atomic mass is 9.91. The van der Waals surface area contributed by atoms with Gasteiger partial charge in [-0.3, -0.25) is 0 Å². The van der Waals surface area contributed by atoms with Gasteiger partial charge in [0.1, 0.15) is 0 Å². The largest absolute Gasteiger partial charge is 0.381 e. The quantitative estimate of drug-likeness (QED) is 0.718. The van der Waals surface area contributed by atoms with Gasteiger partial charge in [0, 0.05) is 12.6 Å². The first-order valence-electron chi connectivity index (χ1n) is 6.70. The highest BCUT2D eigenvalue weighted by Crippen LogP contribution is 2.19. The number of nitrogens with one attached hydrogen (secondary N) is 1. The Morgan fingerprint density at radius 3 is 2.81 bits per heavy atom. The molecule has 1 fully saturated rings. The van der Waals surface area contributed by atoms with Gasteiger partial charge in [-0.15, -0.1) is 0 Å². The SMILES string of the molecule is CCCNC(CCN(C)C)C1CCCOC1. The van der Waals surface area contributed by atoms with Gasteiger partial charge in [-0.2, -0.15) is 0 Å². The highest BCUT2D eigenvalue weighted by atomic mass is 16.5. The molecule has 0 aliphatic carbocycles. The van der Waals surface area contributed by atoms with Gasteiger partial charge < -0.3 is 15.0 Å². The van der Waals surface area contributed by atoms with Gasteiger partial charge in [0.25, 0.3) is 0 Å². The van der Waals surface area contributed by atoms with Crippen LogP contribution in [0.1, 0.15) is 32.6 Å². The van der Waals surface area contributed by atoms with E-state index in [0.29, 0.717) is 6.04 Å². The Labute approximate surface area is 101 Å². The molecule has 0 aromatic heterocycles. The van der Waals surface area contributed by atoms with Crippen LogP contribution in [-0.2, 0) is 4.74 Å². The molecule has 1 aliphatic rings. The standard InChI is InChI=1S/C13H28N2O/c1-4-8-14-13(7-9-15(2)3)12-6-5-10-16-11-12/h12-14H,4-11H2,1-3H3. The van der Waals surface area contributed by atoms with Crippen molar-refractivity contribution in [3.8, 4) is 0 Å². The van der Waals surface area contributed by atoms with Crippen molar-refractivity contribution >= 4 is 0 Å². The predicted molar refractivity (Wildman–Crippen MR) is 68.8 cm³/mol. The number of hydrogen-bond acceptors (Lipinski definition) is 3. The molecule has 0 bridgehead atoms. The zero-order valence-electron chi connectivity index (χ0n) is 11.2. The van der Waals surface area contributed by atoms with Gasteiger partial charge in [-0.1, -0.05) is 6.92 Å². The normalized spacial score (nSPS) is 23.6. The lowest BCUT2D eigenvalue weighted by Crippen LogP contribution is -2.42. The predicted octanol–water partition coefficient (Wildman–Crippen LogP) is 1.73. The molecule has 2 unspecified atom stereocenters. The highest BCUT2D eigenvalue weighted by Gasteiger charge is 2.23. The van der Waals surface area contributed by atoms with E-state index in [1.54, 1.807) is 0 Å². The lowest BCUT2D eigenvalue weighted by Gasteiger charge is -2.31. The molecule has 0 radical (unpaired) electrons. The topological polar surface area (TPSA) is 24.5 Å². The second kappa shape index (κ2) is 8.04. The average molecular weight is 228 g/mol. The minimum atomic E-state index is 0.641. The third-order valence-corrected chi connectivity index (χ3v) is 3.31. The molecule has 0 amide bonds. The van der Waals surface area contributed by atoms with Gasteiger partial charge in [0.2, 0.25) is 0 Å². The third-order valence-electron chi connectivity index (χ3n) is 3.31. The van der Waals surface area contributed by atoms with Crippen LogP contribution in [0.5, 0.6) is 0 Å². The molecule has 1 rings (SSSR count). The van der Waals surface area contributed by atoms with Gasteiger partial charge in [0.15, 0.2) is 0 Å². The molecular weight excluding hydrogens is 200 g/mol. The molecule has 1 N–H and O–H groups in total. The molecule has 3 heteroatoms. The molecule has 96 valence electrons. The molecule has 0 spiro atoms. The van der Waals surface area contributed by atoms with Gasteiger partial charge in [-0.25, -0.2) is 0 Å². The van der Waals surface area contributed by atoms with E-state index in [-0.39, 0.29) is 0 Å². The smallest absolute Gasteiger partial charge is 0.0509 e. The van der Waals surface area contributed by atoms with Gasteiger partial charge in [-0.05, 0) is 58.8 Å². The van der Waals surface area contributed by atoms with E-state index in [4.69, 9.17) is 4.74 Å². The third kappa shape index (κ3) is 5.28. The summed E-state index contributed by atoms with van der Waals surface area (Å²) in [6.07, 6.45) is 5.01. The van der Waals surface area contributed by atoms with Crippen LogP contribution in [-0.4, -0.2) is 51.3 Å². The van der Waals surface area contributed by atoms with Gasteiger partial charge >= 0.3 is 0 Å². The molecule has 0 saturated carbocycles. The van der Waals surface area contributed by atoms with Crippen molar-refractivity contribution < 1.29 is 4.74 Å². The zero-order valence-corrected chi connectivity index (χ0v) is 11.2. The summed E-state index contributed by atoms with van der Waals surface area (Å²) >= 11 is 0. The summed E-state index contributed by atoms with van der Waals surface area (Å²) in [4.78, 5) is 2.27. The van der Waals surface area contributed by atoms with Crippen molar-refractivity contribution in [3.05, 3.63) is 0 Å². The molecule has 3 nitrogen and oxygen atoms in total. The summed E-state index contributed by atoms with van der Waals surface area (Å²) in [5, 5.41) is 3.69. The van der Waals surface area contributed by atoms with Crippen molar-refractivity contribution in [1.82, 2.24) is 10.2 Å². The maximum atomic E-state index is 5.60. The van der Waals surface area contributed by atoms with E-state index < -0.39 is 0 Å². The summed E-state index contributed by atoms with van der Waals surface area (Å²) in [6.45, 7) is 6.44. The van der Waals surface area contributed by atoms with Crippen LogP contribution in [0.15, 0.2) is 0 Å². The molecule has 1 aliphatic heterocycles. The average Bonchev–Trinajstić information content (AvgIpc) is 2.30. The van der Waals surface area contributed by atoms with Gasteiger partial charge in [0.05, 0.1) is 6.61 Å². The van der Waals surface area contributed by atoms with Crippen LogP contribution in [0.3, 0.4) is 0 Å². The highest BCUT2D eigenvalue weighted by molar-refractivity contribution is 4.79. The van der Waals surface area contributed by atoms with E-state index in [2.05, 4.69) is 31.2 Å². The van der Waals surface area contributed by atoms with E-state index in [1.165, 1.54) is 25.7 Å². The van der Waals surface area contributed by atoms with Crippen molar-refractivity contribution in [1.29, 1.82) is 0 Å². The van der Waals surface area contributed by atoms with Crippen LogP contribution < -0.4 is 5.32 Å². The summed E-state index contributed by atoms with van der Waals surface area (Å²) in [5.74, 6) is 0.722. The Morgan fingerprint density at radius 2 is 2.25 bits per heavy atom. The van der Waals surface area contributed by atoms with Crippen LogP contribution in [0.4, 0.5) is 0 Å². The van der Waals surface area contributed by atoms with E-state index in [9.17, 15) is 0 Å². The maximum absolute atomic E-state index is 5.60. The second-order valence-electron chi connectivity index (χ2n) is 5.13. The van der Waals surface area contributed by atoms with E-state index >= 15 is 0 Å². The van der Waals surface area contributed by atoms with E-state index in [1.807, 2.05) is 0 Å². The van der Waals surface area contributed by atoms with Crippen LogP contribution >= 0.6 is 0 Å². The second-order valence-corrected chi connectivity index (χ2v) is 5.13. The summed E-state index contributed by atoms with van der Waals surface area (Å²) in [7, 11) is 4.29. The van der Waals surface area contributed by atoms with Crippen LogP contribution in [0, 0.1) is 5.92 Å². The van der Waals surface area contributed by atoms with E-state index in [0.717, 1.165) is 32.2 Å². The van der Waals surface area contributed by atoms with Crippen molar-refractivity contribution in [3.63, 3.8) is 0 Å². The Hall–Kier alpha value is -0.120. The Morgan fingerprint density at radius 1 is 1.44 bits per heavy atom. The molecule has 0 aromatic rings. The minimum absolute atomic E-state index is 0.641. The van der Waals surface area contributed by atoms with Crippen molar-refractivity contribution in [2.45, 2.75) is 38.6 Å². The summed E-state index contributed by atoms with van der Waals surface area (Å²) < 4.78 is 5.60. The maximum Gasteiger partial charge on any atom is 0.0509 e. The molecule has 1 saturated heterocycles. The first kappa shape index (κ1) is 13.9. The van der Waals surface area contributed by atoms with Crippen LogP contribution in [0.2, 0.25) is 0 Å². The first-order chi connectivity index (χ1) is 7.74. The Bertz CT molecular complexity index is 167. The molecule has 1 heterocycles. The number of nitrogens with zero attached hydrogens (tertiary/aromatic N) is 1. The Balaban J connectivity index is 2.34. The van der Waals surface area contributed by atoms with Crippen molar-refractivity contribution in [2.24, 2.45) is 5.92 Å². The summed E-state index contributed by atoms with van der Waals surface area (Å²) in [6, 6.07) is 0.641.